The predicted octanol–water partition coefficient (Wildman–Crippen LogP) is 1.36. The molecule has 0 spiro atoms. The van der Waals surface area contributed by atoms with Gasteiger partial charge in [-0.05, 0) is 24.8 Å². The van der Waals surface area contributed by atoms with Gasteiger partial charge < -0.3 is 14.8 Å². The van der Waals surface area contributed by atoms with Gasteiger partial charge >= 0.3 is 0 Å². The largest absolute Gasteiger partial charge is 0.345 e. The molecule has 3 unspecified atom stereocenters. The second-order valence-electron chi connectivity index (χ2n) is 5.43. The van der Waals surface area contributed by atoms with E-state index in [2.05, 4.69) is 12.2 Å². The van der Waals surface area contributed by atoms with Crippen molar-refractivity contribution in [3.05, 3.63) is 23.0 Å². The number of carbonyl (C=O) groups is 1. The van der Waals surface area contributed by atoms with Gasteiger partial charge in [-0.3, -0.25) is 4.79 Å². The highest BCUT2D eigenvalue weighted by Crippen LogP contribution is 2.33. The number of carbonyl (C=O) groups excluding carboxylic acids is 1. The molecule has 1 N–H and O–H groups in total. The van der Waals surface area contributed by atoms with Crippen LogP contribution in [-0.4, -0.2) is 41.1 Å². The van der Waals surface area contributed by atoms with Gasteiger partial charge in [0.25, 0.3) is 5.91 Å². The topological polar surface area (TPSA) is 37.3 Å². The van der Waals surface area contributed by atoms with Crippen molar-refractivity contribution in [1.29, 1.82) is 0 Å². The molecule has 98 valence electrons. The number of amides is 1. The van der Waals surface area contributed by atoms with Gasteiger partial charge in [-0.1, -0.05) is 11.6 Å². The lowest BCUT2D eigenvalue weighted by Crippen LogP contribution is -2.38. The van der Waals surface area contributed by atoms with Gasteiger partial charge in [0.05, 0.1) is 5.02 Å². The molecule has 3 atom stereocenters. The molecule has 1 aromatic rings. The molecule has 2 aliphatic heterocycles. The fraction of sp³-hybridized carbons (Fsp3) is 0.615. The van der Waals surface area contributed by atoms with E-state index in [1.165, 1.54) is 0 Å². The predicted molar refractivity (Wildman–Crippen MR) is 70.8 cm³/mol. The Balaban J connectivity index is 1.83. The molecule has 3 heterocycles. The van der Waals surface area contributed by atoms with Crippen molar-refractivity contribution in [1.82, 2.24) is 14.8 Å². The first-order valence-electron chi connectivity index (χ1n) is 6.41. The van der Waals surface area contributed by atoms with Crippen LogP contribution in [0.25, 0.3) is 0 Å². The molecular weight excluding hydrogens is 250 g/mol. The molecule has 18 heavy (non-hydrogen) atoms. The summed E-state index contributed by atoms with van der Waals surface area (Å²) in [6.45, 7) is 5.08. The van der Waals surface area contributed by atoms with E-state index in [0.717, 1.165) is 19.6 Å². The lowest BCUT2D eigenvalue weighted by Gasteiger charge is -2.24. The van der Waals surface area contributed by atoms with Gasteiger partial charge in [0.15, 0.2) is 0 Å². The number of fused-ring (bicyclic) bond motifs is 1. The molecule has 0 aliphatic carbocycles. The first-order chi connectivity index (χ1) is 8.58. The molecule has 4 nitrogen and oxygen atoms in total. The second kappa shape index (κ2) is 4.28. The Morgan fingerprint density at radius 3 is 2.89 bits per heavy atom. The fourth-order valence-electron chi connectivity index (χ4n) is 3.32. The van der Waals surface area contributed by atoms with E-state index in [4.69, 9.17) is 11.6 Å². The van der Waals surface area contributed by atoms with Crippen molar-refractivity contribution >= 4 is 17.5 Å². The number of hydrogen-bond acceptors (Lipinski definition) is 2. The number of aromatic nitrogens is 1. The summed E-state index contributed by atoms with van der Waals surface area (Å²) in [4.78, 5) is 14.6. The third-order valence-corrected chi connectivity index (χ3v) is 4.59. The Kier molecular flexibility index (Phi) is 2.87. The minimum atomic E-state index is 0.103. The van der Waals surface area contributed by atoms with Crippen LogP contribution in [0.2, 0.25) is 5.02 Å². The zero-order valence-corrected chi connectivity index (χ0v) is 11.4. The Hall–Kier alpha value is -1.00. The van der Waals surface area contributed by atoms with E-state index in [1.807, 2.05) is 16.5 Å². The standard InChI is InChI=1S/C13H18ClN3O/c1-8-11-5-15-4-9(11)6-17(8)13(18)12-3-10(14)7-16(12)2/h3,7-9,11,15H,4-6H2,1-2H3. The smallest absolute Gasteiger partial charge is 0.270 e. The lowest BCUT2D eigenvalue weighted by atomic mass is 9.95. The molecule has 0 radical (unpaired) electrons. The molecule has 5 heteroatoms. The number of nitrogens with one attached hydrogen (secondary N) is 1. The molecule has 2 aliphatic rings. The molecule has 0 saturated carbocycles. The zero-order chi connectivity index (χ0) is 12.9. The normalized spacial score (nSPS) is 30.8. The Morgan fingerprint density at radius 2 is 2.28 bits per heavy atom. The quantitative estimate of drug-likeness (QED) is 0.834. The summed E-state index contributed by atoms with van der Waals surface area (Å²) in [5.74, 6) is 1.32. The number of aryl methyl sites for hydroxylation is 1. The van der Waals surface area contributed by atoms with Crippen molar-refractivity contribution in [2.75, 3.05) is 19.6 Å². The van der Waals surface area contributed by atoms with Crippen molar-refractivity contribution in [2.24, 2.45) is 18.9 Å². The Morgan fingerprint density at radius 1 is 1.50 bits per heavy atom. The number of likely N-dealkylation sites (tertiary alicyclic amines) is 1. The SMILES string of the molecule is CC1C2CNCC2CN1C(=O)c1cc(Cl)cn1C. The highest BCUT2D eigenvalue weighted by atomic mass is 35.5. The first kappa shape index (κ1) is 12.1. The van der Waals surface area contributed by atoms with Gasteiger partial charge in [-0.15, -0.1) is 0 Å². The first-order valence-corrected chi connectivity index (χ1v) is 6.79. The monoisotopic (exact) mass is 267 g/mol. The zero-order valence-electron chi connectivity index (χ0n) is 10.7. The molecule has 0 aromatic carbocycles. The van der Waals surface area contributed by atoms with Gasteiger partial charge in [0.1, 0.15) is 5.69 Å². The molecule has 0 bridgehead atoms. The summed E-state index contributed by atoms with van der Waals surface area (Å²) in [6.07, 6.45) is 1.78. The Bertz CT molecular complexity index is 485. The third-order valence-electron chi connectivity index (χ3n) is 4.39. The average Bonchev–Trinajstić information content (AvgIpc) is 2.96. The fourth-order valence-corrected chi connectivity index (χ4v) is 3.57. The summed E-state index contributed by atoms with van der Waals surface area (Å²) in [7, 11) is 1.86. The van der Waals surface area contributed by atoms with Gasteiger partial charge in [-0.2, -0.15) is 0 Å². The minimum absolute atomic E-state index is 0.103. The van der Waals surface area contributed by atoms with Crippen LogP contribution in [0.3, 0.4) is 0 Å². The lowest BCUT2D eigenvalue weighted by molar-refractivity contribution is 0.0719. The Labute approximate surface area is 112 Å². The van der Waals surface area contributed by atoms with Crippen molar-refractivity contribution in [3.8, 4) is 0 Å². The summed E-state index contributed by atoms with van der Waals surface area (Å²) in [5.41, 5.74) is 0.680. The number of rotatable bonds is 1. The van der Waals surface area contributed by atoms with E-state index in [1.54, 1.807) is 12.3 Å². The van der Waals surface area contributed by atoms with Crippen LogP contribution >= 0.6 is 11.6 Å². The molecule has 2 fully saturated rings. The highest BCUT2D eigenvalue weighted by molar-refractivity contribution is 6.31. The molecule has 1 aromatic heterocycles. The molecule has 1 amide bonds. The van der Waals surface area contributed by atoms with E-state index in [0.29, 0.717) is 28.6 Å². The maximum atomic E-state index is 12.5. The molecular formula is C13H18ClN3O. The van der Waals surface area contributed by atoms with E-state index in [9.17, 15) is 4.79 Å². The van der Waals surface area contributed by atoms with Crippen LogP contribution in [0.15, 0.2) is 12.3 Å². The number of halogens is 1. The highest BCUT2D eigenvalue weighted by Gasteiger charge is 2.44. The van der Waals surface area contributed by atoms with Crippen molar-refractivity contribution in [3.63, 3.8) is 0 Å². The van der Waals surface area contributed by atoms with E-state index >= 15 is 0 Å². The van der Waals surface area contributed by atoms with Gasteiger partial charge in [0, 0.05) is 38.9 Å². The minimum Gasteiger partial charge on any atom is -0.345 e. The van der Waals surface area contributed by atoms with Crippen LogP contribution < -0.4 is 5.32 Å². The van der Waals surface area contributed by atoms with E-state index < -0.39 is 0 Å². The van der Waals surface area contributed by atoms with Crippen LogP contribution in [0.5, 0.6) is 0 Å². The number of nitrogens with zero attached hydrogens (tertiary/aromatic N) is 2. The van der Waals surface area contributed by atoms with Crippen molar-refractivity contribution < 1.29 is 4.79 Å². The third kappa shape index (κ3) is 1.75. The van der Waals surface area contributed by atoms with Gasteiger partial charge in [-0.25, -0.2) is 0 Å². The molecule has 2 saturated heterocycles. The van der Waals surface area contributed by atoms with Gasteiger partial charge in [0.2, 0.25) is 0 Å². The average molecular weight is 268 g/mol. The summed E-state index contributed by atoms with van der Waals surface area (Å²) in [5, 5.41) is 4.03. The second-order valence-corrected chi connectivity index (χ2v) is 5.87. The maximum absolute atomic E-state index is 12.5. The summed E-state index contributed by atoms with van der Waals surface area (Å²) < 4.78 is 1.81. The van der Waals surface area contributed by atoms with Crippen molar-refractivity contribution in [2.45, 2.75) is 13.0 Å². The van der Waals surface area contributed by atoms with Crippen LogP contribution in [0.4, 0.5) is 0 Å². The number of hydrogen-bond donors (Lipinski definition) is 1. The van der Waals surface area contributed by atoms with Crippen LogP contribution in [0.1, 0.15) is 17.4 Å². The van der Waals surface area contributed by atoms with E-state index in [-0.39, 0.29) is 5.91 Å². The maximum Gasteiger partial charge on any atom is 0.270 e. The summed E-state index contributed by atoms with van der Waals surface area (Å²) >= 11 is 5.95. The molecule has 3 rings (SSSR count). The van der Waals surface area contributed by atoms with Crippen LogP contribution in [-0.2, 0) is 7.05 Å². The van der Waals surface area contributed by atoms with Crippen LogP contribution in [0, 0.1) is 11.8 Å². The summed E-state index contributed by atoms with van der Waals surface area (Å²) in [6, 6.07) is 2.06.